The van der Waals surface area contributed by atoms with E-state index in [-0.39, 0.29) is 18.7 Å². The summed E-state index contributed by atoms with van der Waals surface area (Å²) in [5, 5.41) is 3.34. The Morgan fingerprint density at radius 1 is 0.971 bits per heavy atom. The van der Waals surface area contributed by atoms with Crippen LogP contribution in [0.3, 0.4) is 0 Å². The van der Waals surface area contributed by atoms with Gasteiger partial charge in [-0.05, 0) is 36.2 Å². The number of pyridine rings is 1. The van der Waals surface area contributed by atoms with Crippen LogP contribution in [0.1, 0.15) is 39.1 Å². The molecule has 4 amide bonds. The number of carbonyl (C=O) groups excluding carboxylic acids is 4. The average Bonchev–Trinajstić information content (AvgIpc) is 3.39. The molecule has 1 unspecified atom stereocenters. The van der Waals surface area contributed by atoms with Crippen LogP contribution in [0.15, 0.2) is 42.7 Å². The number of hydrogen-bond donors (Lipinski definition) is 2. The number of H-pyrrole nitrogens is 1. The Kier molecular flexibility index (Phi) is 5.10. The first-order chi connectivity index (χ1) is 17.0. The lowest BCUT2D eigenvalue weighted by Gasteiger charge is -2.35. The predicted molar refractivity (Wildman–Crippen MR) is 127 cm³/mol. The first-order valence-corrected chi connectivity index (χ1v) is 11.7. The molecule has 10 heteroatoms. The lowest BCUT2D eigenvalue weighted by molar-refractivity contribution is -0.136. The Bertz CT molecular complexity index is 1370. The number of fused-ring (bicyclic) bond motifs is 2. The van der Waals surface area contributed by atoms with Crippen LogP contribution in [0.5, 0.6) is 0 Å². The molecule has 2 aromatic heterocycles. The van der Waals surface area contributed by atoms with Crippen molar-refractivity contribution in [3.05, 3.63) is 59.4 Å². The molecule has 6 rings (SSSR count). The van der Waals surface area contributed by atoms with Crippen molar-refractivity contribution in [3.8, 4) is 0 Å². The number of benzene rings is 1. The summed E-state index contributed by atoms with van der Waals surface area (Å²) in [6, 6.07) is 8.37. The number of nitrogens with zero attached hydrogens (tertiary/aromatic N) is 4. The largest absolute Gasteiger partial charge is 0.367 e. The molecular formula is C25H24N6O4. The van der Waals surface area contributed by atoms with Gasteiger partial charge in [0.15, 0.2) is 0 Å². The van der Waals surface area contributed by atoms with Crippen molar-refractivity contribution in [2.45, 2.75) is 25.4 Å². The Labute approximate surface area is 200 Å². The third kappa shape index (κ3) is 3.66. The normalized spacial score (nSPS) is 21.1. The summed E-state index contributed by atoms with van der Waals surface area (Å²) >= 11 is 0. The lowest BCUT2D eigenvalue weighted by Crippen LogP contribution is -2.54. The molecule has 10 nitrogen and oxygen atoms in total. The maximum Gasteiger partial charge on any atom is 0.262 e. The molecule has 3 aromatic rings. The van der Waals surface area contributed by atoms with E-state index in [0.29, 0.717) is 17.7 Å². The number of aromatic amines is 1. The number of anilines is 1. The highest BCUT2D eigenvalue weighted by molar-refractivity contribution is 6.23. The smallest absolute Gasteiger partial charge is 0.262 e. The van der Waals surface area contributed by atoms with E-state index in [2.05, 4.69) is 31.2 Å². The summed E-state index contributed by atoms with van der Waals surface area (Å²) in [5.41, 5.74) is 3.61. The molecule has 0 spiro atoms. The summed E-state index contributed by atoms with van der Waals surface area (Å²) < 4.78 is 0. The van der Waals surface area contributed by atoms with E-state index in [1.165, 1.54) is 0 Å². The molecule has 0 saturated carbocycles. The fraction of sp³-hybridized carbons (Fsp3) is 0.320. The van der Waals surface area contributed by atoms with Gasteiger partial charge in [-0.2, -0.15) is 0 Å². The van der Waals surface area contributed by atoms with Crippen molar-refractivity contribution in [1.29, 1.82) is 0 Å². The molecule has 2 saturated heterocycles. The Hall–Kier alpha value is -4.05. The van der Waals surface area contributed by atoms with Crippen LogP contribution in [0.2, 0.25) is 0 Å². The van der Waals surface area contributed by atoms with Gasteiger partial charge in [0.1, 0.15) is 11.7 Å². The van der Waals surface area contributed by atoms with E-state index < -0.39 is 23.8 Å². The minimum atomic E-state index is -0.948. The van der Waals surface area contributed by atoms with Gasteiger partial charge in [0.05, 0.1) is 16.8 Å². The highest BCUT2D eigenvalue weighted by Crippen LogP contribution is 2.29. The van der Waals surface area contributed by atoms with Gasteiger partial charge in [-0.1, -0.05) is 6.07 Å². The number of piperazine rings is 1. The fourth-order valence-electron chi connectivity index (χ4n) is 5.22. The highest BCUT2D eigenvalue weighted by Gasteiger charge is 2.44. The molecule has 5 heterocycles. The molecule has 178 valence electrons. The van der Waals surface area contributed by atoms with Crippen molar-refractivity contribution >= 4 is 40.3 Å². The predicted octanol–water partition coefficient (Wildman–Crippen LogP) is 1.29. The Morgan fingerprint density at radius 3 is 2.57 bits per heavy atom. The number of imide groups is 2. The molecule has 3 aliphatic rings. The van der Waals surface area contributed by atoms with Crippen molar-refractivity contribution in [2.75, 3.05) is 31.1 Å². The highest BCUT2D eigenvalue weighted by atomic mass is 16.2. The Balaban J connectivity index is 1.13. The zero-order valence-electron chi connectivity index (χ0n) is 19.0. The van der Waals surface area contributed by atoms with Gasteiger partial charge in [-0.3, -0.25) is 34.3 Å². The molecule has 2 fully saturated rings. The quantitative estimate of drug-likeness (QED) is 0.549. The van der Waals surface area contributed by atoms with E-state index in [1.807, 2.05) is 18.3 Å². The SMILES string of the molecule is O=C1CCC(N2C(=O)c3ccc(CN4CCN(c5c[nH]c6ncccc56)CC4)cc3C2=O)C(=O)N1. The van der Waals surface area contributed by atoms with Crippen molar-refractivity contribution in [2.24, 2.45) is 0 Å². The standard InChI is InChI=1S/C25H24N6O4/c32-21-6-5-19(23(33)28-21)31-24(34)16-4-3-15(12-18(16)25(31)35)14-29-8-10-30(11-9-29)20-13-27-22-17(20)2-1-7-26-22/h1-4,7,12-13,19H,5-6,8-11,14H2,(H,26,27)(H,28,32,33). The second-order valence-corrected chi connectivity index (χ2v) is 9.16. The minimum absolute atomic E-state index is 0.107. The lowest BCUT2D eigenvalue weighted by atomic mass is 10.0. The first kappa shape index (κ1) is 21.5. The van der Waals surface area contributed by atoms with E-state index in [1.54, 1.807) is 18.3 Å². The van der Waals surface area contributed by atoms with E-state index >= 15 is 0 Å². The molecule has 1 atom stereocenters. The Morgan fingerprint density at radius 2 is 1.77 bits per heavy atom. The third-order valence-corrected chi connectivity index (χ3v) is 7.05. The second kappa shape index (κ2) is 8.31. The van der Waals surface area contributed by atoms with Crippen molar-refractivity contribution in [1.82, 2.24) is 25.1 Å². The number of piperidine rings is 1. The summed E-state index contributed by atoms with van der Waals surface area (Å²) in [5.74, 6) is -1.93. The molecular weight excluding hydrogens is 448 g/mol. The van der Waals surface area contributed by atoms with Crippen LogP contribution in [-0.2, 0) is 16.1 Å². The minimum Gasteiger partial charge on any atom is -0.367 e. The average molecular weight is 473 g/mol. The molecule has 1 aromatic carbocycles. The van der Waals surface area contributed by atoms with Gasteiger partial charge in [0.25, 0.3) is 11.8 Å². The van der Waals surface area contributed by atoms with E-state index in [4.69, 9.17) is 0 Å². The summed E-state index contributed by atoms with van der Waals surface area (Å²) in [6.45, 7) is 4.12. The number of rotatable bonds is 4. The third-order valence-electron chi connectivity index (χ3n) is 7.05. The number of hydrogen-bond acceptors (Lipinski definition) is 7. The summed E-state index contributed by atoms with van der Waals surface area (Å²) in [7, 11) is 0. The number of aromatic nitrogens is 2. The van der Waals surface area contributed by atoms with Crippen LogP contribution < -0.4 is 10.2 Å². The summed E-state index contributed by atoms with van der Waals surface area (Å²) in [6.07, 6.45) is 4.04. The van der Waals surface area contributed by atoms with Gasteiger partial charge < -0.3 is 9.88 Å². The van der Waals surface area contributed by atoms with Crippen LogP contribution >= 0.6 is 0 Å². The number of amides is 4. The zero-order chi connectivity index (χ0) is 24.1. The maximum atomic E-state index is 13.1. The van der Waals surface area contributed by atoms with Gasteiger partial charge in [0, 0.05) is 56.9 Å². The molecule has 3 aliphatic heterocycles. The monoisotopic (exact) mass is 472 g/mol. The van der Waals surface area contributed by atoms with Gasteiger partial charge in [-0.15, -0.1) is 0 Å². The fourth-order valence-corrected chi connectivity index (χ4v) is 5.22. The van der Waals surface area contributed by atoms with E-state index in [9.17, 15) is 19.2 Å². The van der Waals surface area contributed by atoms with Gasteiger partial charge in [-0.25, -0.2) is 4.98 Å². The second-order valence-electron chi connectivity index (χ2n) is 9.16. The molecule has 2 N–H and O–H groups in total. The van der Waals surface area contributed by atoms with Crippen LogP contribution in [0.4, 0.5) is 5.69 Å². The van der Waals surface area contributed by atoms with Crippen LogP contribution in [0.25, 0.3) is 11.0 Å². The first-order valence-electron chi connectivity index (χ1n) is 11.7. The molecule has 0 bridgehead atoms. The van der Waals surface area contributed by atoms with Gasteiger partial charge >= 0.3 is 0 Å². The van der Waals surface area contributed by atoms with E-state index in [0.717, 1.165) is 53.4 Å². The van der Waals surface area contributed by atoms with Gasteiger partial charge in [0.2, 0.25) is 11.8 Å². The van der Waals surface area contributed by atoms with Crippen LogP contribution in [-0.4, -0.2) is 75.6 Å². The number of nitrogens with one attached hydrogen (secondary N) is 2. The molecule has 0 aliphatic carbocycles. The van der Waals surface area contributed by atoms with Crippen LogP contribution in [0, 0.1) is 0 Å². The zero-order valence-corrected chi connectivity index (χ0v) is 19.0. The topological polar surface area (TPSA) is 119 Å². The molecule has 0 radical (unpaired) electrons. The van der Waals surface area contributed by atoms with Crippen molar-refractivity contribution < 1.29 is 19.2 Å². The summed E-state index contributed by atoms with van der Waals surface area (Å²) in [4.78, 5) is 63.0. The number of carbonyl (C=O) groups is 4. The molecule has 35 heavy (non-hydrogen) atoms. The van der Waals surface area contributed by atoms with Crippen molar-refractivity contribution in [3.63, 3.8) is 0 Å². The maximum absolute atomic E-state index is 13.1.